The molecule has 0 fully saturated rings. The topological polar surface area (TPSA) is 84.2 Å². The third-order valence-corrected chi connectivity index (χ3v) is 5.33. The van der Waals surface area contributed by atoms with Crippen molar-refractivity contribution in [3.05, 3.63) is 82.5 Å². The minimum atomic E-state index is -1.03. The number of ether oxygens (including phenoxy) is 4. The molecule has 7 nitrogen and oxygen atoms in total. The molecule has 0 radical (unpaired) electrons. The first-order valence-corrected chi connectivity index (χ1v) is 10.4. The van der Waals surface area contributed by atoms with E-state index in [-0.39, 0.29) is 18.1 Å². The molecular weight excluding hydrogens is 424 g/mol. The smallest absolute Gasteiger partial charge is 0.356 e. The lowest BCUT2D eigenvalue weighted by Crippen LogP contribution is -2.40. The Kier molecular flexibility index (Phi) is 5.22. The third kappa shape index (κ3) is 3.89. The minimum absolute atomic E-state index is 0.0360. The van der Waals surface area contributed by atoms with E-state index in [1.807, 2.05) is 19.1 Å². The molecule has 0 N–H and O–H groups in total. The fourth-order valence-corrected chi connectivity index (χ4v) is 3.62. The molecule has 33 heavy (non-hydrogen) atoms. The van der Waals surface area contributed by atoms with Crippen molar-refractivity contribution in [2.75, 3.05) is 13.7 Å². The van der Waals surface area contributed by atoms with Crippen molar-refractivity contribution in [3.63, 3.8) is 0 Å². The summed E-state index contributed by atoms with van der Waals surface area (Å²) in [5, 5.41) is 0.321. The zero-order chi connectivity index (χ0) is 22.9. The third-order valence-electron chi connectivity index (χ3n) is 5.33. The van der Waals surface area contributed by atoms with Gasteiger partial charge in [0.15, 0.2) is 17.3 Å². The molecule has 166 valence electrons. The molecule has 5 rings (SSSR count). The lowest BCUT2D eigenvalue weighted by Gasteiger charge is -2.25. The van der Waals surface area contributed by atoms with Gasteiger partial charge in [-0.1, -0.05) is 23.8 Å². The molecule has 0 spiro atoms. The predicted molar refractivity (Wildman–Crippen MR) is 121 cm³/mol. The molecule has 1 aliphatic heterocycles. The van der Waals surface area contributed by atoms with Crippen molar-refractivity contribution in [2.45, 2.75) is 13.0 Å². The van der Waals surface area contributed by atoms with Gasteiger partial charge in [0.1, 0.15) is 17.9 Å². The van der Waals surface area contributed by atoms with E-state index in [0.29, 0.717) is 33.8 Å². The zero-order valence-electron chi connectivity index (χ0n) is 18.0. The molecule has 1 aliphatic rings. The van der Waals surface area contributed by atoms with Crippen LogP contribution in [0.15, 0.2) is 75.9 Å². The first kappa shape index (κ1) is 20.6. The highest BCUT2D eigenvalue weighted by molar-refractivity contribution is 5.86. The van der Waals surface area contributed by atoms with Gasteiger partial charge in [-0.15, -0.1) is 0 Å². The monoisotopic (exact) mass is 444 g/mol. The Balaban J connectivity index is 1.56. The summed E-state index contributed by atoms with van der Waals surface area (Å²) in [5.74, 6) is 0.805. The van der Waals surface area contributed by atoms with Crippen molar-refractivity contribution in [2.24, 2.45) is 0 Å². The number of benzene rings is 3. The normalized spacial score (nSPS) is 14.7. The first-order valence-electron chi connectivity index (χ1n) is 10.4. The van der Waals surface area contributed by atoms with Gasteiger partial charge in [0, 0.05) is 5.56 Å². The van der Waals surface area contributed by atoms with Gasteiger partial charge in [0.25, 0.3) is 0 Å². The predicted octanol–water partition coefficient (Wildman–Crippen LogP) is 4.52. The number of hydrogen-bond acceptors (Lipinski definition) is 7. The van der Waals surface area contributed by atoms with Gasteiger partial charge in [0.2, 0.25) is 17.3 Å². The molecular formula is C26H20O7. The second kappa shape index (κ2) is 8.35. The highest BCUT2D eigenvalue weighted by Gasteiger charge is 2.31. The van der Waals surface area contributed by atoms with Crippen LogP contribution in [0.5, 0.6) is 23.0 Å². The minimum Gasteiger partial charge on any atom is -0.497 e. The number of hydrogen-bond donors (Lipinski definition) is 0. The summed E-state index contributed by atoms with van der Waals surface area (Å²) in [6.07, 6.45) is -1.03. The van der Waals surface area contributed by atoms with E-state index in [2.05, 4.69) is 0 Å². The molecule has 0 bridgehead atoms. The number of carbonyl (C=O) groups excluding carboxylic acids is 1. The van der Waals surface area contributed by atoms with Gasteiger partial charge < -0.3 is 23.4 Å². The van der Waals surface area contributed by atoms with Crippen LogP contribution in [0.1, 0.15) is 5.56 Å². The highest BCUT2D eigenvalue weighted by atomic mass is 16.6. The van der Waals surface area contributed by atoms with Crippen LogP contribution in [0.2, 0.25) is 0 Å². The van der Waals surface area contributed by atoms with E-state index in [0.717, 1.165) is 5.56 Å². The Hall–Kier alpha value is -4.26. The summed E-state index contributed by atoms with van der Waals surface area (Å²) in [7, 11) is 1.56. The molecule has 2 heterocycles. The van der Waals surface area contributed by atoms with Crippen LogP contribution < -0.4 is 24.4 Å². The number of aryl methyl sites for hydroxylation is 1. The Morgan fingerprint density at radius 2 is 1.76 bits per heavy atom. The van der Waals surface area contributed by atoms with Crippen LogP contribution in [0.3, 0.4) is 0 Å². The molecule has 0 amide bonds. The van der Waals surface area contributed by atoms with Crippen molar-refractivity contribution in [3.8, 4) is 34.3 Å². The zero-order valence-corrected chi connectivity index (χ0v) is 18.0. The number of fused-ring (bicyclic) bond motifs is 2. The van der Waals surface area contributed by atoms with Crippen LogP contribution in [0, 0.1) is 6.92 Å². The van der Waals surface area contributed by atoms with E-state index in [4.69, 9.17) is 23.4 Å². The van der Waals surface area contributed by atoms with Gasteiger partial charge in [-0.2, -0.15) is 0 Å². The van der Waals surface area contributed by atoms with Gasteiger partial charge in [-0.05, 0) is 55.5 Å². The Labute approximate surface area is 189 Å². The van der Waals surface area contributed by atoms with E-state index < -0.39 is 17.5 Å². The molecule has 0 saturated carbocycles. The van der Waals surface area contributed by atoms with E-state index in [1.165, 1.54) is 0 Å². The molecule has 3 aromatic carbocycles. The van der Waals surface area contributed by atoms with E-state index in [1.54, 1.807) is 61.7 Å². The van der Waals surface area contributed by atoms with E-state index in [9.17, 15) is 9.59 Å². The number of para-hydroxylation sites is 2. The van der Waals surface area contributed by atoms with Crippen molar-refractivity contribution in [1.82, 2.24) is 0 Å². The number of methoxy groups -OCH3 is 1. The maximum atomic E-state index is 13.4. The fourth-order valence-electron chi connectivity index (χ4n) is 3.62. The average molecular weight is 444 g/mol. The SMILES string of the molecule is COc1ccc(-c2oc3ccc(C)cc3c(=O)c2OC(=O)C2COc3ccccc3O2)cc1. The van der Waals surface area contributed by atoms with Crippen LogP contribution in [0.4, 0.5) is 0 Å². The van der Waals surface area contributed by atoms with Crippen molar-refractivity contribution in [1.29, 1.82) is 0 Å². The molecule has 4 aromatic rings. The summed E-state index contributed by atoms with van der Waals surface area (Å²) in [4.78, 5) is 26.4. The maximum absolute atomic E-state index is 13.4. The molecule has 0 aliphatic carbocycles. The standard InChI is InChI=1S/C26H20O7/c1-15-7-12-19-18(13-15)23(27)25(24(32-19)16-8-10-17(29-2)11-9-16)33-26(28)22-14-30-20-5-3-4-6-21(20)31-22/h3-13,22H,14H2,1-2H3. The first-order chi connectivity index (χ1) is 16.0. The van der Waals surface area contributed by atoms with Crippen LogP contribution in [-0.4, -0.2) is 25.8 Å². The lowest BCUT2D eigenvalue weighted by atomic mass is 10.1. The number of esters is 1. The maximum Gasteiger partial charge on any atom is 0.356 e. The Morgan fingerprint density at radius 3 is 2.52 bits per heavy atom. The van der Waals surface area contributed by atoms with Gasteiger partial charge in [-0.3, -0.25) is 4.79 Å². The summed E-state index contributed by atoms with van der Waals surface area (Å²) in [6, 6.07) is 19.2. The van der Waals surface area contributed by atoms with Gasteiger partial charge >= 0.3 is 5.97 Å². The van der Waals surface area contributed by atoms with E-state index >= 15 is 0 Å². The van der Waals surface area contributed by atoms with Crippen LogP contribution in [0.25, 0.3) is 22.3 Å². The molecule has 1 unspecified atom stereocenters. The molecule has 1 aromatic heterocycles. The lowest BCUT2D eigenvalue weighted by molar-refractivity contribution is -0.144. The molecule has 1 atom stereocenters. The number of rotatable bonds is 4. The molecule has 7 heteroatoms. The van der Waals surface area contributed by atoms with Gasteiger partial charge in [-0.25, -0.2) is 4.79 Å². The number of carbonyl (C=O) groups is 1. The van der Waals surface area contributed by atoms with Crippen molar-refractivity contribution >= 4 is 16.9 Å². The summed E-state index contributed by atoms with van der Waals surface area (Å²) < 4.78 is 28.2. The highest BCUT2D eigenvalue weighted by Crippen LogP contribution is 2.34. The fraction of sp³-hybridized carbons (Fsp3) is 0.154. The summed E-state index contributed by atoms with van der Waals surface area (Å²) in [6.45, 7) is 1.83. The Morgan fingerprint density at radius 1 is 1.00 bits per heavy atom. The second-order valence-electron chi connectivity index (χ2n) is 7.60. The van der Waals surface area contributed by atoms with Crippen LogP contribution >= 0.6 is 0 Å². The Bertz CT molecular complexity index is 1400. The second-order valence-corrected chi connectivity index (χ2v) is 7.60. The summed E-state index contributed by atoms with van der Waals surface area (Å²) in [5.41, 5.74) is 1.38. The molecule has 0 saturated heterocycles. The van der Waals surface area contributed by atoms with Crippen molar-refractivity contribution < 1.29 is 28.2 Å². The van der Waals surface area contributed by atoms with Crippen LogP contribution in [-0.2, 0) is 4.79 Å². The average Bonchev–Trinajstić information content (AvgIpc) is 2.85. The van der Waals surface area contributed by atoms with Gasteiger partial charge in [0.05, 0.1) is 12.5 Å². The quantitative estimate of drug-likeness (QED) is 0.428. The largest absolute Gasteiger partial charge is 0.497 e. The summed E-state index contributed by atoms with van der Waals surface area (Å²) >= 11 is 0.